The molecule has 6 aromatic rings. The second-order valence-electron chi connectivity index (χ2n) is 23.8. The van der Waals surface area contributed by atoms with Gasteiger partial charge in [-0.1, -0.05) is 182 Å². The van der Waals surface area contributed by atoms with Gasteiger partial charge in [0.15, 0.2) is 24.8 Å². The zero-order valence-electron chi connectivity index (χ0n) is 55.5. The first kappa shape index (κ1) is 73.9. The van der Waals surface area contributed by atoms with E-state index in [0.717, 1.165) is 69.5 Å². The van der Waals surface area contributed by atoms with E-state index in [2.05, 4.69) is 5.32 Å². The van der Waals surface area contributed by atoms with Crippen molar-refractivity contribution in [1.82, 2.24) is 5.32 Å². The van der Waals surface area contributed by atoms with Crippen molar-refractivity contribution < 1.29 is 110 Å². The van der Waals surface area contributed by atoms with Gasteiger partial charge in [-0.15, -0.1) is 0 Å². The monoisotopic (exact) mass is 1360 g/mol. The number of aliphatic hydroxyl groups is 1. The predicted octanol–water partition coefficient (Wildman–Crippen LogP) is 7.50. The molecule has 3 aliphatic rings. The lowest BCUT2D eigenvalue weighted by Gasteiger charge is -2.52. The van der Waals surface area contributed by atoms with Crippen LogP contribution in [-0.4, -0.2) is 165 Å². The minimum Gasteiger partial charge on any atom is -0.465 e. The van der Waals surface area contributed by atoms with Gasteiger partial charge < -0.3 is 86.2 Å². The van der Waals surface area contributed by atoms with Gasteiger partial charge in [0.2, 0.25) is 5.91 Å². The number of carbonyl (C=O) groups is 6. The molecule has 0 radical (unpaired) electrons. The Morgan fingerprint density at radius 2 is 0.929 bits per heavy atom. The van der Waals surface area contributed by atoms with Crippen LogP contribution >= 0.6 is 0 Å². The first-order valence-electron chi connectivity index (χ1n) is 32.3. The zero-order chi connectivity index (χ0) is 69.4. The highest BCUT2D eigenvalue weighted by molar-refractivity contribution is 5.79. The molecule has 3 heterocycles. The molecule has 24 heteroatoms. The zero-order valence-corrected chi connectivity index (χ0v) is 55.5. The van der Waals surface area contributed by atoms with Crippen molar-refractivity contribution in [3.8, 4) is 0 Å². The summed E-state index contributed by atoms with van der Waals surface area (Å²) in [6, 6.07) is 54.7. The van der Waals surface area contributed by atoms with E-state index in [1.807, 2.05) is 158 Å². The number of carbonyl (C=O) groups excluding carboxylic acids is 6. The van der Waals surface area contributed by atoms with Crippen molar-refractivity contribution in [3.63, 3.8) is 0 Å². The molecule has 16 atom stereocenters. The van der Waals surface area contributed by atoms with Crippen molar-refractivity contribution in [1.29, 1.82) is 0 Å². The molecule has 0 bridgehead atoms. The fourth-order valence-electron chi connectivity index (χ4n) is 11.8. The fourth-order valence-corrected chi connectivity index (χ4v) is 11.8. The predicted molar refractivity (Wildman–Crippen MR) is 347 cm³/mol. The smallest absolute Gasteiger partial charge is 0.366 e. The topological polar surface area (TPSA) is 282 Å². The molecule has 98 heavy (non-hydrogen) atoms. The third-order valence-electron chi connectivity index (χ3n) is 16.2. The largest absolute Gasteiger partial charge is 0.465 e. The SMILES string of the molecule is COC(=O)[C@@]1(O[C@H]2[C@@H](O)[C@@H](COCc3ccccc3)O[C@@H](O[C@H]3[C@H](OCc4ccccc4)[C@@H](OCc4ccccc4)C(OCc4ccccc4)O[C@@H]3COCc3ccccc3)[C@@H]2OCc2ccccc2)C[C@H](OC(C)=O)[C@@H](NC(C)=O)[C@@H]([C@H](OC(C)=O)[C@@H](COC(C)=O)OC(C)=O)O1. The number of benzene rings is 6. The molecule has 524 valence electrons. The molecular formula is C74H85NO23. The van der Waals surface area contributed by atoms with Gasteiger partial charge in [-0.25, -0.2) is 4.79 Å². The maximum Gasteiger partial charge on any atom is 0.366 e. The first-order valence-corrected chi connectivity index (χ1v) is 32.3. The van der Waals surface area contributed by atoms with Crippen molar-refractivity contribution in [2.24, 2.45) is 0 Å². The quantitative estimate of drug-likeness (QED) is 0.0298. The fraction of sp³-hybridized carbons (Fsp3) is 0.432. The summed E-state index contributed by atoms with van der Waals surface area (Å²) in [7, 11) is 1.01. The highest BCUT2D eigenvalue weighted by Crippen LogP contribution is 2.42. The Balaban J connectivity index is 1.21. The second-order valence-corrected chi connectivity index (χ2v) is 23.8. The molecule has 0 aromatic heterocycles. The summed E-state index contributed by atoms with van der Waals surface area (Å²) < 4.78 is 105. The first-order chi connectivity index (χ1) is 47.4. The molecule has 3 aliphatic heterocycles. The van der Waals surface area contributed by atoms with Crippen LogP contribution in [0.15, 0.2) is 182 Å². The average Bonchev–Trinajstić information content (AvgIpc) is 0.730. The third kappa shape index (κ3) is 21.3. The van der Waals surface area contributed by atoms with Crippen molar-refractivity contribution in [3.05, 3.63) is 215 Å². The Hall–Kier alpha value is -8.34. The number of amides is 1. The highest BCUT2D eigenvalue weighted by Gasteiger charge is 2.63. The number of nitrogens with one attached hydrogen (secondary N) is 1. The van der Waals surface area contributed by atoms with Crippen LogP contribution in [0.3, 0.4) is 0 Å². The molecule has 2 N–H and O–H groups in total. The Morgan fingerprint density at radius 3 is 1.37 bits per heavy atom. The number of esters is 5. The summed E-state index contributed by atoms with van der Waals surface area (Å²) in [6.07, 6.45) is -22.5. The van der Waals surface area contributed by atoms with Crippen LogP contribution in [0.5, 0.6) is 0 Å². The molecule has 1 amide bonds. The highest BCUT2D eigenvalue weighted by atomic mass is 16.8. The Bertz CT molecular complexity index is 3430. The average molecular weight is 1360 g/mol. The molecule has 0 saturated carbocycles. The van der Waals surface area contributed by atoms with E-state index in [0.29, 0.717) is 5.56 Å². The van der Waals surface area contributed by atoms with E-state index in [-0.39, 0.29) is 52.9 Å². The lowest BCUT2D eigenvalue weighted by Crippen LogP contribution is -2.72. The summed E-state index contributed by atoms with van der Waals surface area (Å²) in [5.41, 5.74) is 4.68. The Kier molecular flexibility index (Phi) is 27.9. The van der Waals surface area contributed by atoms with Crippen molar-refractivity contribution in [2.75, 3.05) is 26.9 Å². The van der Waals surface area contributed by atoms with Crippen LogP contribution in [0.4, 0.5) is 0 Å². The van der Waals surface area contributed by atoms with E-state index in [1.165, 1.54) is 0 Å². The van der Waals surface area contributed by atoms with Gasteiger partial charge in [-0.2, -0.15) is 0 Å². The standard InChI is InChI=1S/C74H85NO23/c1-47(76)75-62-58(91-49(3)78)37-74(73(82)83-6,97-66(62)64(93-51(5)80)61(92-50(4)79)46-86-48(2)77)98-67-63(81)59(44-84-38-52-25-13-7-14-26-52)94-72(69(67)88-41-55-31-19-10-20-32-55)96-65-60(45-85-39-53-27-15-8-16-28-53)95-71(90-43-57-35-23-12-24-36-57)70(89-42-56-33-21-11-22-34-56)68(65)87-40-54-29-17-9-18-30-54/h7-36,58-72,81H,37-46H2,1-6H3,(H,75,76)/t58-,59+,60+,61+,62+,63-,64+,65+,66-,67-,68-,69+,70+,71?,72-,74-/m0/s1. The number of ether oxygens (including phenoxy) is 16. The molecule has 1 unspecified atom stereocenters. The van der Waals surface area contributed by atoms with Gasteiger partial charge >= 0.3 is 29.8 Å². The molecule has 0 aliphatic carbocycles. The molecular weight excluding hydrogens is 1270 g/mol. The number of aliphatic hydroxyl groups excluding tert-OH is 1. The van der Waals surface area contributed by atoms with Gasteiger partial charge in [0.1, 0.15) is 67.6 Å². The molecule has 3 saturated heterocycles. The Morgan fingerprint density at radius 1 is 0.500 bits per heavy atom. The van der Waals surface area contributed by atoms with Crippen LogP contribution < -0.4 is 5.32 Å². The summed E-state index contributed by atoms with van der Waals surface area (Å²) >= 11 is 0. The van der Waals surface area contributed by atoms with Gasteiger partial charge in [-0.3, -0.25) is 24.0 Å². The minimum absolute atomic E-state index is 0.0100. The van der Waals surface area contributed by atoms with E-state index in [4.69, 9.17) is 75.8 Å². The van der Waals surface area contributed by atoms with E-state index in [1.54, 1.807) is 24.3 Å². The summed E-state index contributed by atoms with van der Waals surface area (Å²) in [4.78, 5) is 80.7. The van der Waals surface area contributed by atoms with Crippen LogP contribution in [0.1, 0.15) is 74.4 Å². The van der Waals surface area contributed by atoms with Gasteiger partial charge in [-0.05, 0) is 33.4 Å². The number of rotatable bonds is 33. The van der Waals surface area contributed by atoms with Crippen molar-refractivity contribution in [2.45, 2.75) is 178 Å². The van der Waals surface area contributed by atoms with E-state index in [9.17, 15) is 29.1 Å². The Labute approximate surface area is 569 Å². The number of hydrogen-bond acceptors (Lipinski definition) is 23. The number of hydrogen-bond donors (Lipinski definition) is 2. The van der Waals surface area contributed by atoms with Crippen LogP contribution in [0.2, 0.25) is 0 Å². The normalized spacial score (nSPS) is 25.9. The van der Waals surface area contributed by atoms with Gasteiger partial charge in [0.05, 0.1) is 72.4 Å². The summed E-state index contributed by atoms with van der Waals surface area (Å²) in [5, 5.41) is 15.9. The third-order valence-corrected chi connectivity index (χ3v) is 16.2. The lowest BCUT2D eigenvalue weighted by atomic mass is 9.87. The van der Waals surface area contributed by atoms with Crippen LogP contribution in [0, 0.1) is 0 Å². The molecule has 24 nitrogen and oxygen atoms in total. The van der Waals surface area contributed by atoms with Crippen LogP contribution in [0.25, 0.3) is 0 Å². The van der Waals surface area contributed by atoms with E-state index >= 15 is 4.79 Å². The second kappa shape index (κ2) is 37.0. The molecule has 6 aromatic carbocycles. The maximum absolute atomic E-state index is 15.3. The van der Waals surface area contributed by atoms with Gasteiger partial charge in [0.25, 0.3) is 5.79 Å². The van der Waals surface area contributed by atoms with Crippen LogP contribution in [-0.2, 0) is 144 Å². The summed E-state index contributed by atoms with van der Waals surface area (Å²) in [5.74, 6) is -8.66. The van der Waals surface area contributed by atoms with E-state index < -0.39 is 146 Å². The molecule has 9 rings (SSSR count). The van der Waals surface area contributed by atoms with Crippen molar-refractivity contribution >= 4 is 35.8 Å². The summed E-state index contributed by atoms with van der Waals surface area (Å²) in [6.45, 7) is 4.13. The number of methoxy groups -OCH3 is 1. The van der Waals surface area contributed by atoms with Gasteiger partial charge in [0, 0.05) is 34.6 Å². The molecule has 0 spiro atoms. The minimum atomic E-state index is -2.91. The molecule has 3 fully saturated rings. The maximum atomic E-state index is 15.3. The lowest BCUT2D eigenvalue weighted by molar-refractivity contribution is -0.395.